The van der Waals surface area contributed by atoms with Gasteiger partial charge in [-0.25, -0.2) is 0 Å². The Labute approximate surface area is 133 Å². The Morgan fingerprint density at radius 3 is 2.73 bits per heavy atom. The molecule has 112 valence electrons. The van der Waals surface area contributed by atoms with Gasteiger partial charge in [-0.1, -0.05) is 0 Å². The van der Waals surface area contributed by atoms with E-state index in [1.807, 2.05) is 19.1 Å². The van der Waals surface area contributed by atoms with Crippen LogP contribution in [-0.2, 0) is 4.79 Å². The summed E-state index contributed by atoms with van der Waals surface area (Å²) in [6.07, 6.45) is 3.18. The number of nitrogens with one attached hydrogen (secondary N) is 1. The molecule has 1 aliphatic heterocycles. The van der Waals surface area contributed by atoms with Crippen LogP contribution in [0.5, 0.6) is 5.75 Å². The smallest absolute Gasteiger partial charge is 0.281 e. The molecule has 5 nitrogen and oxygen atoms in total. The molecule has 1 aliphatic rings. The Bertz CT molecular complexity index is 720. The van der Waals surface area contributed by atoms with E-state index >= 15 is 0 Å². The molecule has 1 fully saturated rings. The maximum atomic E-state index is 12.5. The third-order valence-electron chi connectivity index (χ3n) is 3.11. The average molecular weight is 314 g/mol. The number of nitrogens with zero attached hydrogens (tertiary/aromatic N) is 1. The molecule has 0 radical (unpaired) electrons. The highest BCUT2D eigenvalue weighted by Gasteiger charge is 2.32. The second-order valence-corrected chi connectivity index (χ2v) is 4.96. The summed E-state index contributed by atoms with van der Waals surface area (Å²) in [4.78, 5) is 13.9. The van der Waals surface area contributed by atoms with Crippen LogP contribution < -0.4 is 15.0 Å². The lowest BCUT2D eigenvalue weighted by molar-refractivity contribution is -0.113. The lowest BCUT2D eigenvalue weighted by Gasteiger charge is -2.14. The largest absolute Gasteiger partial charge is 0.494 e. The fourth-order valence-corrected chi connectivity index (χ4v) is 2.44. The van der Waals surface area contributed by atoms with Crippen molar-refractivity contribution in [3.05, 3.63) is 54.1 Å². The monoisotopic (exact) mass is 314 g/mol. The average Bonchev–Trinajstić information content (AvgIpc) is 3.10. The van der Waals surface area contributed by atoms with Crippen molar-refractivity contribution in [3.63, 3.8) is 0 Å². The molecule has 22 heavy (non-hydrogen) atoms. The number of anilines is 1. The van der Waals surface area contributed by atoms with Gasteiger partial charge in [0.05, 0.1) is 18.6 Å². The number of rotatable bonds is 4. The SMILES string of the molecule is CCOc1ccc(N2C(=O)C(=Cc3ccco3)NC2=S)cc1. The lowest BCUT2D eigenvalue weighted by Crippen LogP contribution is -2.30. The van der Waals surface area contributed by atoms with Crippen molar-refractivity contribution in [3.8, 4) is 5.75 Å². The number of hydrogen-bond acceptors (Lipinski definition) is 4. The van der Waals surface area contributed by atoms with E-state index in [0.29, 0.717) is 28.9 Å². The molecule has 0 atom stereocenters. The van der Waals surface area contributed by atoms with E-state index in [2.05, 4.69) is 5.32 Å². The molecule has 1 amide bonds. The van der Waals surface area contributed by atoms with E-state index in [-0.39, 0.29) is 5.91 Å². The van der Waals surface area contributed by atoms with Crippen molar-refractivity contribution >= 4 is 35.0 Å². The molecule has 0 saturated carbocycles. The number of benzene rings is 1. The lowest BCUT2D eigenvalue weighted by atomic mass is 10.2. The molecular formula is C16H14N2O3S. The first-order valence-corrected chi connectivity index (χ1v) is 7.23. The van der Waals surface area contributed by atoms with Gasteiger partial charge in [0.1, 0.15) is 17.2 Å². The van der Waals surface area contributed by atoms with Gasteiger partial charge in [0.2, 0.25) is 0 Å². The highest BCUT2D eigenvalue weighted by atomic mass is 32.1. The molecule has 1 saturated heterocycles. The maximum absolute atomic E-state index is 12.5. The normalized spacial score (nSPS) is 16.2. The molecule has 0 aliphatic carbocycles. The first-order chi connectivity index (χ1) is 10.7. The van der Waals surface area contributed by atoms with Crippen LogP contribution in [0.25, 0.3) is 6.08 Å². The van der Waals surface area contributed by atoms with Crippen LogP contribution in [0.15, 0.2) is 52.8 Å². The summed E-state index contributed by atoms with van der Waals surface area (Å²) in [5.74, 6) is 1.13. The van der Waals surface area contributed by atoms with Crippen molar-refractivity contribution in [2.24, 2.45) is 0 Å². The van der Waals surface area contributed by atoms with Gasteiger partial charge in [-0.3, -0.25) is 9.69 Å². The third kappa shape index (κ3) is 2.73. The Kier molecular flexibility index (Phi) is 3.93. The number of carbonyl (C=O) groups excluding carboxylic acids is 1. The minimum Gasteiger partial charge on any atom is -0.494 e. The Balaban J connectivity index is 1.85. The topological polar surface area (TPSA) is 54.7 Å². The summed E-state index contributed by atoms with van der Waals surface area (Å²) in [6, 6.07) is 10.7. The minimum absolute atomic E-state index is 0.217. The van der Waals surface area contributed by atoms with Crippen molar-refractivity contribution < 1.29 is 13.9 Å². The van der Waals surface area contributed by atoms with E-state index in [0.717, 1.165) is 5.75 Å². The van der Waals surface area contributed by atoms with E-state index in [9.17, 15) is 4.79 Å². The third-order valence-corrected chi connectivity index (χ3v) is 3.40. The zero-order valence-electron chi connectivity index (χ0n) is 11.9. The fraction of sp³-hybridized carbons (Fsp3) is 0.125. The summed E-state index contributed by atoms with van der Waals surface area (Å²) in [5.41, 5.74) is 1.07. The zero-order valence-corrected chi connectivity index (χ0v) is 12.7. The van der Waals surface area contributed by atoms with Crippen molar-refractivity contribution in [1.29, 1.82) is 0 Å². The minimum atomic E-state index is -0.217. The van der Waals surface area contributed by atoms with E-state index in [1.165, 1.54) is 4.90 Å². The Hall–Kier alpha value is -2.60. The number of amides is 1. The molecule has 3 rings (SSSR count). The molecule has 1 aromatic heterocycles. The predicted molar refractivity (Wildman–Crippen MR) is 87.5 cm³/mol. The van der Waals surface area contributed by atoms with E-state index in [4.69, 9.17) is 21.4 Å². The van der Waals surface area contributed by atoms with Gasteiger partial charge in [-0.2, -0.15) is 0 Å². The molecule has 2 aromatic rings. The molecular weight excluding hydrogens is 300 g/mol. The van der Waals surface area contributed by atoms with Crippen molar-refractivity contribution in [1.82, 2.24) is 5.32 Å². The highest BCUT2D eigenvalue weighted by molar-refractivity contribution is 7.80. The van der Waals surface area contributed by atoms with Crippen LogP contribution in [0.2, 0.25) is 0 Å². The van der Waals surface area contributed by atoms with Gasteiger partial charge in [-0.15, -0.1) is 0 Å². The van der Waals surface area contributed by atoms with Gasteiger partial charge in [0.15, 0.2) is 5.11 Å². The zero-order chi connectivity index (χ0) is 15.5. The van der Waals surface area contributed by atoms with Crippen molar-refractivity contribution in [2.75, 3.05) is 11.5 Å². The maximum Gasteiger partial charge on any atom is 0.281 e. The fourth-order valence-electron chi connectivity index (χ4n) is 2.14. The molecule has 0 bridgehead atoms. The number of ether oxygens (including phenoxy) is 1. The van der Waals surface area contributed by atoms with Gasteiger partial charge < -0.3 is 14.5 Å². The molecule has 0 spiro atoms. The number of hydrogen-bond donors (Lipinski definition) is 1. The van der Waals surface area contributed by atoms with Crippen LogP contribution in [0.3, 0.4) is 0 Å². The number of thiocarbonyl (C=S) groups is 1. The quantitative estimate of drug-likeness (QED) is 0.694. The van der Waals surface area contributed by atoms with Gasteiger partial charge >= 0.3 is 0 Å². The number of furan rings is 1. The molecule has 0 unspecified atom stereocenters. The van der Waals surface area contributed by atoms with Gasteiger partial charge in [0.25, 0.3) is 5.91 Å². The Morgan fingerprint density at radius 1 is 1.32 bits per heavy atom. The molecule has 2 heterocycles. The predicted octanol–water partition coefficient (Wildman–Crippen LogP) is 2.94. The first-order valence-electron chi connectivity index (χ1n) is 6.82. The Morgan fingerprint density at radius 2 is 2.09 bits per heavy atom. The van der Waals surface area contributed by atoms with Gasteiger partial charge in [-0.05, 0) is 55.5 Å². The summed E-state index contributed by atoms with van der Waals surface area (Å²) < 4.78 is 10.6. The van der Waals surface area contributed by atoms with E-state index in [1.54, 1.807) is 36.6 Å². The molecule has 6 heteroatoms. The van der Waals surface area contributed by atoms with Crippen LogP contribution in [0, 0.1) is 0 Å². The summed E-state index contributed by atoms with van der Waals surface area (Å²) >= 11 is 5.25. The summed E-state index contributed by atoms with van der Waals surface area (Å²) in [5, 5.41) is 3.25. The molecule has 1 N–H and O–H groups in total. The van der Waals surface area contributed by atoms with Crippen LogP contribution in [0.4, 0.5) is 5.69 Å². The summed E-state index contributed by atoms with van der Waals surface area (Å²) in [6.45, 7) is 2.51. The van der Waals surface area contributed by atoms with Crippen LogP contribution in [0.1, 0.15) is 12.7 Å². The molecule has 1 aromatic carbocycles. The van der Waals surface area contributed by atoms with Crippen molar-refractivity contribution in [2.45, 2.75) is 6.92 Å². The number of carbonyl (C=O) groups is 1. The summed E-state index contributed by atoms with van der Waals surface area (Å²) in [7, 11) is 0. The van der Waals surface area contributed by atoms with E-state index < -0.39 is 0 Å². The van der Waals surface area contributed by atoms with Crippen LogP contribution >= 0.6 is 12.2 Å². The standard InChI is InChI=1S/C16H14N2O3S/c1-2-20-12-7-5-11(6-8-12)18-15(19)14(17-16(18)22)10-13-4-3-9-21-13/h3-10H,2H2,1H3,(H,17,22). The van der Waals surface area contributed by atoms with Crippen LogP contribution in [-0.4, -0.2) is 17.6 Å². The van der Waals surface area contributed by atoms with Gasteiger partial charge in [0, 0.05) is 6.08 Å². The highest BCUT2D eigenvalue weighted by Crippen LogP contribution is 2.24. The second kappa shape index (κ2) is 6.03. The first kappa shape index (κ1) is 14.3. The second-order valence-electron chi connectivity index (χ2n) is 4.57.